The molecule has 0 aliphatic carbocycles. The number of urea groups is 1. The first kappa shape index (κ1) is 16.5. The van der Waals surface area contributed by atoms with Gasteiger partial charge in [-0.2, -0.15) is 5.10 Å². The molecule has 0 rings (SSSR count). The number of aliphatic imine (C=N–C) groups is 1. The molecule has 0 radical (unpaired) electrons. The van der Waals surface area contributed by atoms with Crippen molar-refractivity contribution in [2.24, 2.45) is 10.1 Å². The first-order valence-corrected chi connectivity index (χ1v) is 7.69. The van der Waals surface area contributed by atoms with E-state index in [-0.39, 0.29) is 4.87 Å². The van der Waals surface area contributed by atoms with Gasteiger partial charge in [0.15, 0.2) is 0 Å². The lowest BCUT2D eigenvalue weighted by atomic mass is 10.4. The van der Waals surface area contributed by atoms with E-state index in [1.54, 1.807) is 34.7 Å². The zero-order valence-electron chi connectivity index (χ0n) is 10.7. The number of hydrazone groups is 1. The minimum Gasteiger partial charge on any atom is -0.297 e. The van der Waals surface area contributed by atoms with Gasteiger partial charge in [-0.05, 0) is 20.8 Å². The third-order valence-electron chi connectivity index (χ3n) is 1.50. The Morgan fingerprint density at radius 3 is 2.76 bits per heavy atom. The van der Waals surface area contributed by atoms with Crippen LogP contribution >= 0.6 is 21.6 Å². The second-order valence-electron chi connectivity index (χ2n) is 3.50. The first-order chi connectivity index (χ1) is 8.02. The number of amides is 2. The van der Waals surface area contributed by atoms with Gasteiger partial charge in [0.25, 0.3) is 0 Å². The van der Waals surface area contributed by atoms with Gasteiger partial charge in [0.2, 0.25) is 0 Å². The molecule has 0 aliphatic heterocycles. The summed E-state index contributed by atoms with van der Waals surface area (Å²) in [6, 6.07) is -0.460. The lowest BCUT2D eigenvalue weighted by Crippen LogP contribution is -2.36. The fraction of sp³-hybridized carbons (Fsp3) is 0.700. The van der Waals surface area contributed by atoms with Gasteiger partial charge in [0.05, 0.1) is 4.87 Å². The fourth-order valence-electron chi connectivity index (χ4n) is 0.804. The molecular formula is C10H20N4OS2. The minimum atomic E-state index is -0.460. The molecule has 0 bridgehead atoms. The fourth-order valence-corrected chi connectivity index (χ4v) is 2.77. The highest BCUT2D eigenvalue weighted by atomic mass is 33.1. The van der Waals surface area contributed by atoms with Crippen molar-refractivity contribution in [1.82, 2.24) is 10.7 Å². The van der Waals surface area contributed by atoms with Crippen LogP contribution in [-0.2, 0) is 0 Å². The van der Waals surface area contributed by atoms with Crippen LogP contribution in [-0.4, -0.2) is 35.6 Å². The van der Waals surface area contributed by atoms with E-state index in [1.165, 1.54) is 6.21 Å². The lowest BCUT2D eigenvalue weighted by molar-refractivity contribution is 0.250. The number of rotatable bonds is 7. The Labute approximate surface area is 111 Å². The van der Waals surface area contributed by atoms with Crippen molar-refractivity contribution in [3.63, 3.8) is 0 Å². The standard InChI is InChI=1S/C10H20N4OS2/c1-5-13-14-9(15)11-7-8-12-10(3,4)17-16-6-2/h5,7,12H,6,8H2,1-4H3,(H,14,15). The van der Waals surface area contributed by atoms with E-state index < -0.39 is 6.03 Å². The molecule has 0 atom stereocenters. The Balaban J connectivity index is 3.81. The Morgan fingerprint density at radius 1 is 1.47 bits per heavy atom. The molecule has 7 heteroatoms. The molecule has 0 spiro atoms. The summed E-state index contributed by atoms with van der Waals surface area (Å²) in [5, 5.41) is 6.85. The Morgan fingerprint density at radius 2 is 2.18 bits per heavy atom. The van der Waals surface area contributed by atoms with Crippen LogP contribution in [0.3, 0.4) is 0 Å². The summed E-state index contributed by atoms with van der Waals surface area (Å²) < 4.78 is 0. The van der Waals surface area contributed by atoms with Crippen LogP contribution in [0.15, 0.2) is 10.1 Å². The van der Waals surface area contributed by atoms with Gasteiger partial charge < -0.3 is 0 Å². The van der Waals surface area contributed by atoms with Gasteiger partial charge in [-0.15, -0.1) is 0 Å². The molecule has 0 unspecified atom stereocenters. The van der Waals surface area contributed by atoms with Gasteiger partial charge in [-0.25, -0.2) is 15.2 Å². The predicted octanol–water partition coefficient (Wildman–Crippen LogP) is 2.50. The molecule has 5 nitrogen and oxygen atoms in total. The van der Waals surface area contributed by atoms with Crippen molar-refractivity contribution < 1.29 is 4.79 Å². The normalized spacial score (nSPS) is 12.5. The van der Waals surface area contributed by atoms with E-state index in [0.29, 0.717) is 6.54 Å². The number of carbonyl (C=O) groups is 1. The van der Waals surface area contributed by atoms with Crippen LogP contribution in [0.25, 0.3) is 0 Å². The summed E-state index contributed by atoms with van der Waals surface area (Å²) in [6.07, 6.45) is 3.03. The Hall–Kier alpha value is -0.530. The van der Waals surface area contributed by atoms with Gasteiger partial charge in [0.1, 0.15) is 0 Å². The third kappa shape index (κ3) is 10.3. The number of hydrogen-bond acceptors (Lipinski definition) is 5. The molecule has 0 saturated carbocycles. The van der Waals surface area contributed by atoms with E-state index in [1.807, 2.05) is 0 Å². The topological polar surface area (TPSA) is 65.8 Å². The minimum absolute atomic E-state index is 0.0370. The van der Waals surface area contributed by atoms with Crippen molar-refractivity contribution in [2.75, 3.05) is 12.3 Å². The molecule has 98 valence electrons. The van der Waals surface area contributed by atoms with Gasteiger partial charge in [-0.3, -0.25) is 5.32 Å². The number of nitrogens with one attached hydrogen (secondary N) is 2. The maximum absolute atomic E-state index is 11.0. The molecule has 0 aromatic rings. The van der Waals surface area contributed by atoms with Gasteiger partial charge >= 0.3 is 6.03 Å². The average Bonchev–Trinajstić information content (AvgIpc) is 2.29. The van der Waals surface area contributed by atoms with Crippen LogP contribution < -0.4 is 10.7 Å². The molecule has 0 fully saturated rings. The predicted molar refractivity (Wildman–Crippen MR) is 79.0 cm³/mol. The molecule has 2 amide bonds. The van der Waals surface area contributed by atoms with E-state index in [2.05, 4.69) is 41.6 Å². The Kier molecular flexibility index (Phi) is 9.20. The zero-order valence-corrected chi connectivity index (χ0v) is 12.3. The molecule has 0 saturated heterocycles. The summed E-state index contributed by atoms with van der Waals surface area (Å²) >= 11 is 0. The largest absolute Gasteiger partial charge is 0.360 e. The number of nitrogens with zero attached hydrogens (tertiary/aromatic N) is 2. The summed E-state index contributed by atoms with van der Waals surface area (Å²) in [5.41, 5.74) is 2.26. The van der Waals surface area contributed by atoms with E-state index in [4.69, 9.17) is 0 Å². The van der Waals surface area contributed by atoms with Crippen molar-refractivity contribution >= 4 is 40.0 Å². The maximum atomic E-state index is 11.0. The molecule has 0 aromatic carbocycles. The quantitative estimate of drug-likeness (QED) is 0.324. The molecular weight excluding hydrogens is 256 g/mol. The Bertz CT molecular complexity index is 279. The van der Waals surface area contributed by atoms with Crippen molar-refractivity contribution in [2.45, 2.75) is 32.6 Å². The van der Waals surface area contributed by atoms with Crippen LogP contribution in [0.5, 0.6) is 0 Å². The van der Waals surface area contributed by atoms with E-state index in [9.17, 15) is 4.79 Å². The highest BCUT2D eigenvalue weighted by Crippen LogP contribution is 2.32. The van der Waals surface area contributed by atoms with Crippen LogP contribution in [0.4, 0.5) is 4.79 Å². The lowest BCUT2D eigenvalue weighted by Gasteiger charge is -2.23. The molecule has 0 aliphatic rings. The van der Waals surface area contributed by atoms with Crippen LogP contribution in [0.1, 0.15) is 27.7 Å². The van der Waals surface area contributed by atoms with Crippen molar-refractivity contribution in [3.05, 3.63) is 0 Å². The second kappa shape index (κ2) is 9.49. The molecule has 0 aromatic heterocycles. The number of hydrogen-bond donors (Lipinski definition) is 2. The maximum Gasteiger partial charge on any atom is 0.360 e. The zero-order chi connectivity index (χ0) is 13.1. The second-order valence-corrected chi connectivity index (χ2v) is 6.70. The summed E-state index contributed by atoms with van der Waals surface area (Å²) in [4.78, 5) is 14.7. The van der Waals surface area contributed by atoms with Crippen molar-refractivity contribution in [1.29, 1.82) is 0 Å². The van der Waals surface area contributed by atoms with E-state index >= 15 is 0 Å². The van der Waals surface area contributed by atoms with Crippen molar-refractivity contribution in [3.8, 4) is 0 Å². The summed E-state index contributed by atoms with van der Waals surface area (Å²) in [5.74, 6) is 1.07. The summed E-state index contributed by atoms with van der Waals surface area (Å²) in [7, 11) is 3.57. The monoisotopic (exact) mass is 276 g/mol. The van der Waals surface area contributed by atoms with Crippen LogP contribution in [0.2, 0.25) is 0 Å². The first-order valence-electron chi connectivity index (χ1n) is 5.37. The van der Waals surface area contributed by atoms with Gasteiger partial charge in [0, 0.05) is 24.7 Å². The average molecular weight is 276 g/mol. The van der Waals surface area contributed by atoms with Crippen LogP contribution in [0, 0.1) is 0 Å². The number of carbonyl (C=O) groups excluding carboxylic acids is 1. The summed E-state index contributed by atoms with van der Waals surface area (Å²) in [6.45, 7) is 8.57. The molecule has 2 N–H and O–H groups in total. The molecule has 17 heavy (non-hydrogen) atoms. The highest BCUT2D eigenvalue weighted by Gasteiger charge is 2.16. The highest BCUT2D eigenvalue weighted by molar-refractivity contribution is 8.77. The van der Waals surface area contributed by atoms with E-state index in [0.717, 1.165) is 5.75 Å². The molecule has 0 heterocycles. The SMILES string of the molecule is CC=NNC(=O)N=CCNC(C)(C)SSCC. The smallest absolute Gasteiger partial charge is 0.297 e. The van der Waals surface area contributed by atoms with Gasteiger partial charge in [-0.1, -0.05) is 28.5 Å². The third-order valence-corrected chi connectivity index (χ3v) is 4.73.